The van der Waals surface area contributed by atoms with E-state index in [0.717, 1.165) is 0 Å². The molecule has 30 heavy (non-hydrogen) atoms. The Kier molecular flexibility index (Phi) is 8.93. The quantitative estimate of drug-likeness (QED) is 0.243. The lowest BCUT2D eigenvalue weighted by Crippen LogP contribution is -2.49. The molecule has 2 heterocycles. The van der Waals surface area contributed by atoms with Crippen molar-refractivity contribution in [3.05, 3.63) is 21.8 Å². The zero-order chi connectivity index (χ0) is 22.0. The van der Waals surface area contributed by atoms with Crippen molar-refractivity contribution in [1.82, 2.24) is 10.6 Å². The van der Waals surface area contributed by atoms with Crippen LogP contribution in [0.4, 0.5) is 5.69 Å². The fraction of sp³-hybridized carbons (Fsp3) is 0.500. The number of nitrogen functional groups attached to an aromatic ring is 1. The summed E-state index contributed by atoms with van der Waals surface area (Å²) in [6.45, 7) is 5.02. The summed E-state index contributed by atoms with van der Waals surface area (Å²) >= 11 is 6.10. The fourth-order valence-electron chi connectivity index (χ4n) is 2.96. The van der Waals surface area contributed by atoms with Gasteiger partial charge in [0.1, 0.15) is 0 Å². The molecule has 0 spiro atoms. The molecule has 9 nitrogen and oxygen atoms in total. The van der Waals surface area contributed by atoms with Crippen molar-refractivity contribution >= 4 is 99.5 Å². The van der Waals surface area contributed by atoms with Crippen molar-refractivity contribution in [1.29, 1.82) is 0 Å². The molecule has 0 radical (unpaired) electrons. The molecule has 162 valence electrons. The first-order valence-corrected chi connectivity index (χ1v) is 12.5. The fourth-order valence-corrected chi connectivity index (χ4v) is 7.11. The standard InChI is InChI=1S/C16H20B2I3N3O6/c1-17-27-3-7(4-28-17)23-15(25)9-11(19)10(13(21)14(22)12(9)20)16(26)24-8-5-29-18(2)30-6-8/h7-8H,3-6,22H2,1-2H3,(H,23,25)(H,24,26). The molecule has 0 unspecified atom stereocenters. The van der Waals surface area contributed by atoms with E-state index in [4.69, 9.17) is 24.4 Å². The Morgan fingerprint density at radius 1 is 0.800 bits per heavy atom. The molecule has 0 saturated carbocycles. The van der Waals surface area contributed by atoms with Crippen molar-refractivity contribution < 1.29 is 28.2 Å². The highest BCUT2D eigenvalue weighted by Gasteiger charge is 2.31. The van der Waals surface area contributed by atoms with Crippen LogP contribution in [0.2, 0.25) is 13.6 Å². The number of rotatable bonds is 4. The number of carbonyl (C=O) groups excluding carboxylic acids is 2. The van der Waals surface area contributed by atoms with Crippen LogP contribution in [-0.2, 0) is 18.6 Å². The minimum Gasteiger partial charge on any atom is -0.409 e. The second kappa shape index (κ2) is 10.8. The smallest absolute Gasteiger partial charge is 0.409 e. The van der Waals surface area contributed by atoms with E-state index in [1.165, 1.54) is 0 Å². The van der Waals surface area contributed by atoms with E-state index in [1.54, 1.807) is 13.6 Å². The van der Waals surface area contributed by atoms with Crippen molar-refractivity contribution in [2.75, 3.05) is 32.2 Å². The number of carbonyl (C=O) groups is 2. The maximum absolute atomic E-state index is 13.0. The molecule has 0 aromatic heterocycles. The molecule has 2 aliphatic heterocycles. The highest BCUT2D eigenvalue weighted by molar-refractivity contribution is 14.1. The lowest BCUT2D eigenvalue weighted by molar-refractivity contribution is 0.0763. The van der Waals surface area contributed by atoms with Crippen LogP contribution in [0, 0.1) is 10.7 Å². The summed E-state index contributed by atoms with van der Waals surface area (Å²) in [4.78, 5) is 26.1. The monoisotopic (exact) mass is 753 g/mol. The number of benzene rings is 1. The number of nitrogens with one attached hydrogen (secondary N) is 2. The Morgan fingerprint density at radius 3 is 1.47 bits per heavy atom. The zero-order valence-corrected chi connectivity index (χ0v) is 22.8. The normalized spacial score (nSPS) is 18.4. The molecule has 1 aromatic rings. The Bertz CT molecular complexity index is 770. The summed E-state index contributed by atoms with van der Waals surface area (Å²) < 4.78 is 23.4. The molecular weight excluding hydrogens is 733 g/mol. The summed E-state index contributed by atoms with van der Waals surface area (Å²) in [5, 5.41) is 5.82. The van der Waals surface area contributed by atoms with E-state index in [9.17, 15) is 9.59 Å². The number of anilines is 1. The molecule has 0 atom stereocenters. The minimum atomic E-state index is -0.328. The highest BCUT2D eigenvalue weighted by atomic mass is 127. The van der Waals surface area contributed by atoms with Gasteiger partial charge in [0.15, 0.2) is 0 Å². The number of hydrogen-bond acceptors (Lipinski definition) is 7. The maximum Gasteiger partial charge on any atom is 0.453 e. The predicted molar refractivity (Wildman–Crippen MR) is 139 cm³/mol. The van der Waals surface area contributed by atoms with Crippen molar-refractivity contribution in [3.8, 4) is 0 Å². The van der Waals surface area contributed by atoms with Gasteiger partial charge in [-0.05, 0) is 81.4 Å². The van der Waals surface area contributed by atoms with Gasteiger partial charge in [0, 0.05) is 3.57 Å². The molecule has 2 aliphatic rings. The Morgan fingerprint density at radius 2 is 1.13 bits per heavy atom. The Balaban J connectivity index is 1.83. The van der Waals surface area contributed by atoms with Gasteiger partial charge in [-0.2, -0.15) is 0 Å². The first-order valence-electron chi connectivity index (χ1n) is 9.23. The van der Waals surface area contributed by atoms with Crippen LogP contribution in [0.5, 0.6) is 0 Å². The lowest BCUT2D eigenvalue weighted by Gasteiger charge is -2.28. The van der Waals surface area contributed by atoms with Crippen LogP contribution in [0.25, 0.3) is 0 Å². The molecule has 1 aromatic carbocycles. The van der Waals surface area contributed by atoms with E-state index in [1.807, 2.05) is 67.8 Å². The zero-order valence-electron chi connectivity index (χ0n) is 16.3. The third-order valence-electron chi connectivity index (χ3n) is 4.60. The van der Waals surface area contributed by atoms with Gasteiger partial charge in [0.25, 0.3) is 11.8 Å². The second-order valence-corrected chi connectivity index (χ2v) is 10.2. The molecule has 4 N–H and O–H groups in total. The van der Waals surface area contributed by atoms with E-state index in [0.29, 0.717) is 54.0 Å². The number of amides is 2. The van der Waals surface area contributed by atoms with Crippen LogP contribution >= 0.6 is 67.8 Å². The van der Waals surface area contributed by atoms with Crippen LogP contribution in [0.1, 0.15) is 20.7 Å². The summed E-state index contributed by atoms with van der Waals surface area (Å²) in [5.74, 6) is -0.656. The van der Waals surface area contributed by atoms with Crippen LogP contribution < -0.4 is 16.4 Å². The first-order chi connectivity index (χ1) is 14.2. The van der Waals surface area contributed by atoms with Gasteiger partial charge in [-0.3, -0.25) is 9.59 Å². The van der Waals surface area contributed by atoms with Crippen LogP contribution in [0.15, 0.2) is 0 Å². The van der Waals surface area contributed by atoms with Gasteiger partial charge >= 0.3 is 14.2 Å². The van der Waals surface area contributed by atoms with Gasteiger partial charge in [-0.1, -0.05) is 0 Å². The summed E-state index contributed by atoms with van der Waals surface area (Å²) in [6, 6.07) is -0.562. The largest absolute Gasteiger partial charge is 0.453 e. The summed E-state index contributed by atoms with van der Waals surface area (Å²) in [5.41, 5.74) is 7.37. The Labute approximate surface area is 216 Å². The first kappa shape index (κ1) is 24.8. The average Bonchev–Trinajstić information content (AvgIpc) is 2.70. The SMILES string of the molecule is CB1OCC(NC(=O)c2c(I)c(N)c(I)c(C(=O)NC3COB(C)OC3)c2I)CO1. The molecule has 2 saturated heterocycles. The highest BCUT2D eigenvalue weighted by Crippen LogP contribution is 2.34. The van der Waals surface area contributed by atoms with E-state index < -0.39 is 0 Å². The van der Waals surface area contributed by atoms with Gasteiger partial charge in [-0.15, -0.1) is 0 Å². The summed E-state index contributed by atoms with van der Waals surface area (Å²) in [6.07, 6.45) is 0. The third kappa shape index (κ3) is 5.72. The van der Waals surface area contributed by atoms with Gasteiger partial charge < -0.3 is 35.0 Å². The molecule has 0 aliphatic carbocycles. The van der Waals surface area contributed by atoms with E-state index in [2.05, 4.69) is 10.6 Å². The Hall–Kier alpha value is 0.120. The van der Waals surface area contributed by atoms with Gasteiger partial charge in [0.05, 0.1) is 62.5 Å². The molecule has 2 fully saturated rings. The maximum atomic E-state index is 13.0. The van der Waals surface area contributed by atoms with E-state index >= 15 is 0 Å². The number of nitrogens with two attached hydrogens (primary N) is 1. The molecule has 2 amide bonds. The second-order valence-electron chi connectivity index (χ2n) is 6.91. The van der Waals surface area contributed by atoms with Crippen molar-refractivity contribution in [2.45, 2.75) is 25.7 Å². The molecule has 14 heteroatoms. The van der Waals surface area contributed by atoms with Crippen LogP contribution in [-0.4, -0.2) is 64.6 Å². The summed E-state index contributed by atoms with van der Waals surface area (Å²) in [7, 11) is -0.586. The molecule has 0 bridgehead atoms. The number of hydrogen-bond donors (Lipinski definition) is 3. The molecule has 3 rings (SSSR count). The third-order valence-corrected chi connectivity index (χ3v) is 7.92. The van der Waals surface area contributed by atoms with E-state index in [-0.39, 0.29) is 38.1 Å². The average molecular weight is 753 g/mol. The predicted octanol–water partition coefficient (Wildman–Crippen LogP) is 1.61. The van der Waals surface area contributed by atoms with Crippen LogP contribution in [0.3, 0.4) is 0 Å². The van der Waals surface area contributed by atoms with Gasteiger partial charge in [-0.25, -0.2) is 0 Å². The minimum absolute atomic E-state index is 0.281. The topological polar surface area (TPSA) is 121 Å². The number of halogens is 3. The lowest BCUT2D eigenvalue weighted by atomic mass is 9.93. The van der Waals surface area contributed by atoms with Crippen molar-refractivity contribution in [3.63, 3.8) is 0 Å². The van der Waals surface area contributed by atoms with Crippen molar-refractivity contribution in [2.24, 2.45) is 0 Å². The van der Waals surface area contributed by atoms with Gasteiger partial charge in [0.2, 0.25) is 0 Å². The molecular formula is C16H20B2I3N3O6.